The lowest BCUT2D eigenvalue weighted by molar-refractivity contribution is -0.441. The van der Waals surface area contributed by atoms with Gasteiger partial charge in [0.1, 0.15) is 0 Å². The number of nitro groups is 1. The van der Waals surface area contributed by atoms with Crippen molar-refractivity contribution < 1.29 is 74.6 Å². The molecule has 0 unspecified atom stereocenters. The predicted octanol–water partition coefficient (Wildman–Crippen LogP) is 7.00. The molecule has 2 aromatic rings. The predicted molar refractivity (Wildman–Crippen MR) is 106 cm³/mol. The molecule has 0 aromatic heterocycles. The van der Waals surface area contributed by atoms with Crippen molar-refractivity contribution >= 4 is 15.8 Å². The summed E-state index contributed by atoms with van der Waals surface area (Å²) in [5.41, 5.74) is -5.88. The number of hydrogen-bond donors (Lipinski definition) is 0. The number of benzene rings is 2. The van der Waals surface area contributed by atoms with E-state index in [-0.39, 0.29) is 18.2 Å². The SMILES string of the molecule is Cc1ccc(S(=O)(=O)OCc2c([N+](=O)[O-])cccc2C(F)(F)C(F)(F)C(F)(F)C(F)(F)C(F)(F)C(F)(F)F)cc1. The number of rotatable bonds is 10. The van der Waals surface area contributed by atoms with Crippen LogP contribution in [0.5, 0.6) is 0 Å². The minimum atomic E-state index is -8.20. The third-order valence-electron chi connectivity index (χ3n) is 5.29. The maximum atomic E-state index is 14.8. The molecule has 20 heteroatoms. The highest BCUT2D eigenvalue weighted by molar-refractivity contribution is 7.86. The molecule has 0 saturated carbocycles. The highest BCUT2D eigenvalue weighted by atomic mass is 32.2. The van der Waals surface area contributed by atoms with Crippen molar-refractivity contribution in [1.29, 1.82) is 0 Å². The van der Waals surface area contributed by atoms with E-state index in [0.29, 0.717) is 5.56 Å². The summed E-state index contributed by atoms with van der Waals surface area (Å²) in [5.74, 6) is -39.0. The van der Waals surface area contributed by atoms with Gasteiger partial charge < -0.3 is 0 Å². The normalized spacial score (nSPS) is 14.3. The lowest BCUT2D eigenvalue weighted by Gasteiger charge is -2.40. The Kier molecular flexibility index (Phi) is 8.29. The monoisotopic (exact) mass is 625 g/mol. The van der Waals surface area contributed by atoms with Gasteiger partial charge in [-0.15, -0.1) is 0 Å². The Bertz CT molecular complexity index is 1370. The summed E-state index contributed by atoms with van der Waals surface area (Å²) < 4.78 is 206. The molecule has 0 aliphatic carbocycles. The van der Waals surface area contributed by atoms with Crippen molar-refractivity contribution in [1.82, 2.24) is 0 Å². The molecule has 0 atom stereocenters. The first-order chi connectivity index (χ1) is 17.8. The van der Waals surface area contributed by atoms with Crippen molar-refractivity contribution in [3.05, 3.63) is 69.3 Å². The summed E-state index contributed by atoms with van der Waals surface area (Å²) in [6.45, 7) is -0.516. The van der Waals surface area contributed by atoms with Gasteiger partial charge in [0.05, 0.1) is 22.0 Å². The minimum Gasteiger partial charge on any atom is -0.261 e. The zero-order valence-electron chi connectivity index (χ0n) is 19.1. The molecule has 0 aliphatic heterocycles. The number of hydrogen-bond acceptors (Lipinski definition) is 5. The van der Waals surface area contributed by atoms with E-state index in [0.717, 1.165) is 12.1 Å². The van der Waals surface area contributed by atoms with Crippen molar-refractivity contribution in [3.8, 4) is 0 Å². The maximum absolute atomic E-state index is 14.8. The van der Waals surface area contributed by atoms with Crippen LogP contribution in [0.4, 0.5) is 62.8 Å². The molecule has 0 aliphatic rings. The van der Waals surface area contributed by atoms with Crippen LogP contribution in [0.3, 0.4) is 0 Å². The number of nitro benzene ring substituents is 1. The second-order valence-electron chi connectivity index (χ2n) is 7.96. The van der Waals surface area contributed by atoms with Crippen LogP contribution in [0.15, 0.2) is 47.4 Å². The zero-order chi connectivity index (χ0) is 31.3. The van der Waals surface area contributed by atoms with Gasteiger partial charge >= 0.3 is 35.8 Å². The van der Waals surface area contributed by atoms with Crippen molar-refractivity contribution in [2.45, 2.75) is 54.2 Å². The molecular weight excluding hydrogens is 613 g/mol. The average molecular weight is 625 g/mol. The molecule has 0 radical (unpaired) electrons. The van der Waals surface area contributed by atoms with Gasteiger partial charge in [0.15, 0.2) is 0 Å². The van der Waals surface area contributed by atoms with E-state index in [2.05, 4.69) is 4.18 Å². The zero-order valence-corrected chi connectivity index (χ0v) is 19.9. The van der Waals surface area contributed by atoms with Gasteiger partial charge in [0, 0.05) is 11.6 Å². The fraction of sp³-hybridized carbons (Fsp3) is 0.400. The van der Waals surface area contributed by atoms with E-state index in [9.17, 15) is 75.6 Å². The van der Waals surface area contributed by atoms with E-state index in [4.69, 9.17) is 0 Å². The molecule has 2 aromatic carbocycles. The molecule has 40 heavy (non-hydrogen) atoms. The molecule has 0 saturated heterocycles. The Hall–Kier alpha value is -3.16. The second-order valence-corrected chi connectivity index (χ2v) is 9.57. The molecule has 6 nitrogen and oxygen atoms in total. The lowest BCUT2D eigenvalue weighted by Crippen LogP contribution is -2.69. The average Bonchev–Trinajstić information content (AvgIpc) is 2.81. The summed E-state index contributed by atoms with van der Waals surface area (Å²) in [6.07, 6.45) is -7.62. The first kappa shape index (κ1) is 33.0. The van der Waals surface area contributed by atoms with Gasteiger partial charge in [-0.1, -0.05) is 29.8 Å². The Balaban J connectivity index is 2.70. The first-order valence-corrected chi connectivity index (χ1v) is 11.4. The van der Waals surface area contributed by atoms with Gasteiger partial charge in [0.2, 0.25) is 0 Å². The van der Waals surface area contributed by atoms with Crippen molar-refractivity contribution in [2.75, 3.05) is 0 Å². The number of nitrogens with zero attached hydrogens (tertiary/aromatic N) is 1. The summed E-state index contributed by atoms with van der Waals surface area (Å²) in [6, 6.07) is 4.11. The molecule has 2 rings (SSSR count). The molecule has 0 fully saturated rings. The standard InChI is InChI=1S/C20H12F13NO5S/c1-10-5-7-11(8-6-10)40(37,38)39-9-12-13(3-2-4-14(12)34(35)36)15(21,22)16(23,24)17(25,26)18(27,28)19(29,30)20(31,32)33/h2-8H,9H2,1H3. The van der Waals surface area contributed by atoms with Crippen molar-refractivity contribution in [3.63, 3.8) is 0 Å². The molecule has 224 valence electrons. The quantitative estimate of drug-likeness (QED) is 0.123. The van der Waals surface area contributed by atoms with Crippen LogP contribution in [-0.4, -0.2) is 43.2 Å². The van der Waals surface area contributed by atoms with E-state index in [1.165, 1.54) is 19.1 Å². The Morgan fingerprint density at radius 1 is 0.750 bits per heavy atom. The van der Waals surface area contributed by atoms with Crippen LogP contribution >= 0.6 is 0 Å². The Labute approximate surface area is 214 Å². The number of aryl methyl sites for hydroxylation is 1. The van der Waals surface area contributed by atoms with E-state index >= 15 is 0 Å². The van der Waals surface area contributed by atoms with Gasteiger partial charge in [-0.05, 0) is 19.1 Å². The fourth-order valence-corrected chi connectivity index (χ4v) is 3.92. The van der Waals surface area contributed by atoms with E-state index < -0.39 is 79.1 Å². The van der Waals surface area contributed by atoms with Gasteiger partial charge in [-0.2, -0.15) is 65.5 Å². The third kappa shape index (κ3) is 5.17. The maximum Gasteiger partial charge on any atom is 0.460 e. The second kappa shape index (κ2) is 10.0. The summed E-state index contributed by atoms with van der Waals surface area (Å²) >= 11 is 0. The highest BCUT2D eigenvalue weighted by Gasteiger charge is 2.91. The molecular formula is C20H12F13NO5S. The van der Waals surface area contributed by atoms with Crippen LogP contribution in [0.25, 0.3) is 0 Å². The van der Waals surface area contributed by atoms with Gasteiger partial charge in [-0.25, -0.2) is 0 Å². The highest BCUT2D eigenvalue weighted by Crippen LogP contribution is 2.62. The molecule has 0 spiro atoms. The smallest absolute Gasteiger partial charge is 0.261 e. The number of halogens is 13. The van der Waals surface area contributed by atoms with Crippen LogP contribution in [-0.2, 0) is 26.8 Å². The van der Waals surface area contributed by atoms with E-state index in [1.807, 2.05) is 0 Å². The lowest BCUT2D eigenvalue weighted by atomic mass is 9.88. The van der Waals surface area contributed by atoms with Crippen LogP contribution in [0.1, 0.15) is 16.7 Å². The summed E-state index contributed by atoms with van der Waals surface area (Å²) in [4.78, 5) is 8.89. The largest absolute Gasteiger partial charge is 0.460 e. The third-order valence-corrected chi connectivity index (χ3v) is 6.57. The van der Waals surface area contributed by atoms with Crippen LogP contribution in [0.2, 0.25) is 0 Å². The Morgan fingerprint density at radius 2 is 1.23 bits per heavy atom. The molecule has 0 bridgehead atoms. The van der Waals surface area contributed by atoms with Gasteiger partial charge in [0.25, 0.3) is 15.8 Å². The fourth-order valence-electron chi connectivity index (χ4n) is 3.04. The molecule has 0 amide bonds. The van der Waals surface area contributed by atoms with E-state index in [1.54, 1.807) is 0 Å². The van der Waals surface area contributed by atoms with Crippen LogP contribution in [0, 0.1) is 17.0 Å². The van der Waals surface area contributed by atoms with Crippen LogP contribution < -0.4 is 0 Å². The Morgan fingerprint density at radius 3 is 1.68 bits per heavy atom. The van der Waals surface area contributed by atoms with Crippen molar-refractivity contribution in [2.24, 2.45) is 0 Å². The topological polar surface area (TPSA) is 86.5 Å². The molecule has 0 N–H and O–H groups in total. The minimum absolute atomic E-state index is 0.107. The summed E-state index contributed by atoms with van der Waals surface area (Å²) in [5, 5.41) is 11.3. The molecule has 0 heterocycles. The number of alkyl halides is 13. The summed E-state index contributed by atoms with van der Waals surface area (Å²) in [7, 11) is -5.05. The first-order valence-electron chi connectivity index (χ1n) is 9.96. The van der Waals surface area contributed by atoms with Gasteiger partial charge in [-0.3, -0.25) is 14.3 Å².